The first-order chi connectivity index (χ1) is 8.43. The largest absolute Gasteiger partial charge is 0.478 e. The molecule has 3 nitrogen and oxygen atoms in total. The number of carboxylic acid groups (broad SMARTS) is 1. The number of rotatable bonds is 6. The maximum atomic E-state index is 11.2. The zero-order valence-corrected chi connectivity index (χ0v) is 11.7. The van der Waals surface area contributed by atoms with Gasteiger partial charge in [-0.05, 0) is 38.3 Å². The zero-order valence-electron chi connectivity index (χ0n) is 11.7. The van der Waals surface area contributed by atoms with E-state index in [9.17, 15) is 9.90 Å². The van der Waals surface area contributed by atoms with Gasteiger partial charge in [-0.1, -0.05) is 31.9 Å². The number of hydrogen-bond acceptors (Lipinski definition) is 2. The molecule has 0 aromatic heterocycles. The number of anilines is 1. The third-order valence-electron chi connectivity index (χ3n) is 3.26. The second-order valence-electron chi connectivity index (χ2n) is 5.15. The Hall–Kier alpha value is -1.51. The van der Waals surface area contributed by atoms with Gasteiger partial charge in [0.05, 0.1) is 5.56 Å². The molecule has 0 saturated carbocycles. The first-order valence-corrected chi connectivity index (χ1v) is 6.54. The van der Waals surface area contributed by atoms with Crippen LogP contribution in [0.1, 0.15) is 49.5 Å². The molecule has 0 aliphatic heterocycles. The van der Waals surface area contributed by atoms with E-state index in [4.69, 9.17) is 0 Å². The summed E-state index contributed by atoms with van der Waals surface area (Å²) in [5.41, 5.74) is 2.03. The highest BCUT2D eigenvalue weighted by atomic mass is 16.4. The maximum Gasteiger partial charge on any atom is 0.337 e. The van der Waals surface area contributed by atoms with Crippen LogP contribution in [0.25, 0.3) is 0 Å². The van der Waals surface area contributed by atoms with E-state index >= 15 is 0 Å². The molecule has 0 heterocycles. The van der Waals surface area contributed by atoms with Gasteiger partial charge in [0.1, 0.15) is 0 Å². The van der Waals surface area contributed by atoms with Gasteiger partial charge in [0, 0.05) is 11.7 Å². The van der Waals surface area contributed by atoms with Gasteiger partial charge in [0.2, 0.25) is 0 Å². The predicted octanol–water partition coefficient (Wildman–Crippen LogP) is 3.93. The van der Waals surface area contributed by atoms with Gasteiger partial charge in [-0.15, -0.1) is 0 Å². The third-order valence-corrected chi connectivity index (χ3v) is 3.26. The van der Waals surface area contributed by atoms with Crippen LogP contribution in [-0.2, 0) is 0 Å². The SMILES string of the molecule is CCC(C)CC(C)Nc1ccc(C)cc1C(=O)O. The smallest absolute Gasteiger partial charge is 0.337 e. The number of carboxylic acids is 1. The first kappa shape index (κ1) is 14.6. The van der Waals surface area contributed by atoms with Crippen LogP contribution in [0.4, 0.5) is 5.69 Å². The molecule has 1 aromatic carbocycles. The van der Waals surface area contributed by atoms with E-state index in [0.29, 0.717) is 17.2 Å². The molecule has 18 heavy (non-hydrogen) atoms. The van der Waals surface area contributed by atoms with Crippen molar-refractivity contribution in [2.75, 3.05) is 5.32 Å². The average molecular weight is 249 g/mol. The van der Waals surface area contributed by atoms with Gasteiger partial charge < -0.3 is 10.4 Å². The lowest BCUT2D eigenvalue weighted by Crippen LogP contribution is -2.20. The van der Waals surface area contributed by atoms with E-state index < -0.39 is 5.97 Å². The minimum atomic E-state index is -0.878. The zero-order chi connectivity index (χ0) is 13.7. The normalized spacial score (nSPS) is 14.0. The van der Waals surface area contributed by atoms with Crippen molar-refractivity contribution in [3.63, 3.8) is 0 Å². The van der Waals surface area contributed by atoms with E-state index in [1.807, 2.05) is 19.1 Å². The number of aromatic carboxylic acids is 1. The number of hydrogen-bond donors (Lipinski definition) is 2. The van der Waals surface area contributed by atoms with Crippen molar-refractivity contribution in [2.45, 2.75) is 46.6 Å². The van der Waals surface area contributed by atoms with Crippen molar-refractivity contribution >= 4 is 11.7 Å². The van der Waals surface area contributed by atoms with Gasteiger partial charge >= 0.3 is 5.97 Å². The highest BCUT2D eigenvalue weighted by molar-refractivity contribution is 5.94. The highest BCUT2D eigenvalue weighted by Gasteiger charge is 2.13. The fraction of sp³-hybridized carbons (Fsp3) is 0.533. The lowest BCUT2D eigenvalue weighted by molar-refractivity contribution is 0.0698. The molecule has 1 aromatic rings. The van der Waals surface area contributed by atoms with Crippen molar-refractivity contribution in [3.8, 4) is 0 Å². The Labute approximate surface area is 109 Å². The molecule has 2 N–H and O–H groups in total. The number of benzene rings is 1. The Morgan fingerprint density at radius 1 is 1.39 bits per heavy atom. The Morgan fingerprint density at radius 2 is 2.06 bits per heavy atom. The van der Waals surface area contributed by atoms with Gasteiger partial charge in [-0.2, -0.15) is 0 Å². The molecule has 1 rings (SSSR count). The van der Waals surface area contributed by atoms with Crippen LogP contribution >= 0.6 is 0 Å². The van der Waals surface area contributed by atoms with Crippen LogP contribution in [0.5, 0.6) is 0 Å². The van der Waals surface area contributed by atoms with Crippen LogP contribution in [0.15, 0.2) is 18.2 Å². The molecule has 0 spiro atoms. The summed E-state index contributed by atoms with van der Waals surface area (Å²) in [6.07, 6.45) is 2.19. The van der Waals surface area contributed by atoms with E-state index in [2.05, 4.69) is 26.1 Å². The fourth-order valence-electron chi connectivity index (χ4n) is 2.06. The Morgan fingerprint density at radius 3 is 2.61 bits per heavy atom. The number of aryl methyl sites for hydroxylation is 1. The van der Waals surface area contributed by atoms with Gasteiger partial charge in [-0.25, -0.2) is 4.79 Å². The summed E-state index contributed by atoms with van der Waals surface area (Å²) in [6.45, 7) is 8.38. The Balaban J connectivity index is 2.80. The van der Waals surface area contributed by atoms with Crippen molar-refractivity contribution in [1.82, 2.24) is 0 Å². The minimum Gasteiger partial charge on any atom is -0.478 e. The molecule has 2 unspecified atom stereocenters. The fourth-order valence-corrected chi connectivity index (χ4v) is 2.06. The second kappa shape index (κ2) is 6.43. The molecule has 0 fully saturated rings. The molecule has 3 heteroatoms. The molecule has 0 amide bonds. The quantitative estimate of drug-likeness (QED) is 0.803. The van der Waals surface area contributed by atoms with Gasteiger partial charge in [0.25, 0.3) is 0 Å². The molecular formula is C15H23NO2. The summed E-state index contributed by atoms with van der Waals surface area (Å²) < 4.78 is 0. The van der Waals surface area contributed by atoms with Crippen molar-refractivity contribution in [1.29, 1.82) is 0 Å². The molecule has 0 aliphatic carbocycles. The van der Waals surface area contributed by atoms with Crippen molar-refractivity contribution < 1.29 is 9.90 Å². The summed E-state index contributed by atoms with van der Waals surface area (Å²) in [6, 6.07) is 5.78. The van der Waals surface area contributed by atoms with E-state index in [1.165, 1.54) is 0 Å². The topological polar surface area (TPSA) is 49.3 Å². The van der Waals surface area contributed by atoms with Crippen LogP contribution in [0.3, 0.4) is 0 Å². The predicted molar refractivity (Wildman–Crippen MR) is 75.3 cm³/mol. The monoisotopic (exact) mass is 249 g/mol. The minimum absolute atomic E-state index is 0.278. The van der Waals surface area contributed by atoms with Crippen molar-refractivity contribution in [3.05, 3.63) is 29.3 Å². The third kappa shape index (κ3) is 4.06. The lowest BCUT2D eigenvalue weighted by atomic mass is 9.99. The summed E-state index contributed by atoms with van der Waals surface area (Å²) in [5, 5.41) is 12.5. The maximum absolute atomic E-state index is 11.2. The molecule has 100 valence electrons. The Bertz CT molecular complexity index is 415. The summed E-state index contributed by atoms with van der Waals surface area (Å²) in [4.78, 5) is 11.2. The van der Waals surface area contributed by atoms with Gasteiger partial charge in [0.15, 0.2) is 0 Å². The van der Waals surface area contributed by atoms with Crippen molar-refractivity contribution in [2.24, 2.45) is 5.92 Å². The summed E-state index contributed by atoms with van der Waals surface area (Å²) >= 11 is 0. The molecule has 0 radical (unpaired) electrons. The summed E-state index contributed by atoms with van der Waals surface area (Å²) in [5.74, 6) is -0.233. The lowest BCUT2D eigenvalue weighted by Gasteiger charge is -2.20. The Kier molecular flexibility index (Phi) is 5.20. The number of carbonyl (C=O) groups is 1. The van der Waals surface area contributed by atoms with E-state index in [-0.39, 0.29) is 6.04 Å². The standard InChI is InChI=1S/C15H23NO2/c1-5-10(2)8-12(4)16-14-7-6-11(3)9-13(14)15(17)18/h6-7,9-10,12,16H,5,8H2,1-4H3,(H,17,18). The molecule has 0 saturated heterocycles. The summed E-state index contributed by atoms with van der Waals surface area (Å²) in [7, 11) is 0. The van der Waals surface area contributed by atoms with E-state index in [1.54, 1.807) is 6.07 Å². The highest BCUT2D eigenvalue weighted by Crippen LogP contribution is 2.20. The van der Waals surface area contributed by atoms with Crippen LogP contribution in [-0.4, -0.2) is 17.1 Å². The molecular weight excluding hydrogens is 226 g/mol. The van der Waals surface area contributed by atoms with Crippen LogP contribution in [0.2, 0.25) is 0 Å². The van der Waals surface area contributed by atoms with Crippen LogP contribution < -0.4 is 5.32 Å². The second-order valence-corrected chi connectivity index (χ2v) is 5.15. The van der Waals surface area contributed by atoms with E-state index in [0.717, 1.165) is 18.4 Å². The first-order valence-electron chi connectivity index (χ1n) is 6.54. The number of nitrogens with one attached hydrogen (secondary N) is 1. The van der Waals surface area contributed by atoms with Gasteiger partial charge in [-0.3, -0.25) is 0 Å². The van der Waals surface area contributed by atoms with Crippen LogP contribution in [0, 0.1) is 12.8 Å². The molecule has 0 aliphatic rings. The molecule has 2 atom stereocenters. The molecule has 0 bridgehead atoms. The average Bonchev–Trinajstić information content (AvgIpc) is 2.30.